The van der Waals surface area contributed by atoms with Crippen molar-refractivity contribution in [3.8, 4) is 17.1 Å². The number of hydrogen-bond donors (Lipinski definition) is 0. The summed E-state index contributed by atoms with van der Waals surface area (Å²) >= 11 is 1.67. The minimum Gasteiger partial charge on any atom is -0.497 e. The minimum absolute atomic E-state index is 0.111. The van der Waals surface area contributed by atoms with Crippen LogP contribution in [0.25, 0.3) is 11.4 Å². The molecule has 0 fully saturated rings. The Morgan fingerprint density at radius 2 is 1.71 bits per heavy atom. The van der Waals surface area contributed by atoms with E-state index in [1.54, 1.807) is 25.1 Å². The summed E-state index contributed by atoms with van der Waals surface area (Å²) in [6, 6.07) is 20.6. The summed E-state index contributed by atoms with van der Waals surface area (Å²) in [5, 5.41) is 9.89. The van der Waals surface area contributed by atoms with Gasteiger partial charge in [0.05, 0.1) is 19.9 Å². The molecule has 0 aliphatic carbocycles. The lowest BCUT2D eigenvalue weighted by atomic mass is 9.87. The molecule has 0 unspecified atom stereocenters. The Morgan fingerprint density at radius 1 is 0.968 bits per heavy atom. The molecule has 4 rings (SSSR count). The molecule has 4 aromatic rings. The maximum absolute atomic E-state index is 5.61. The molecule has 5 nitrogen and oxygen atoms in total. The maximum atomic E-state index is 5.61. The number of nitrogens with zero attached hydrogens (tertiary/aromatic N) is 3. The molecule has 0 aliphatic rings. The Bertz CT molecular complexity index is 1110. The lowest BCUT2D eigenvalue weighted by Crippen LogP contribution is -2.10. The average molecular weight is 434 g/mol. The monoisotopic (exact) mass is 433 g/mol. The summed E-state index contributed by atoms with van der Waals surface area (Å²) in [6.45, 7) is 7.24. The van der Waals surface area contributed by atoms with Gasteiger partial charge < -0.3 is 9.15 Å². The van der Waals surface area contributed by atoms with Gasteiger partial charge in [0.25, 0.3) is 0 Å². The van der Waals surface area contributed by atoms with Crippen molar-refractivity contribution in [3.63, 3.8) is 0 Å². The third kappa shape index (κ3) is 5.02. The maximum Gasteiger partial charge on any atom is 0.192 e. The van der Waals surface area contributed by atoms with Crippen molar-refractivity contribution in [1.82, 2.24) is 14.8 Å². The van der Waals surface area contributed by atoms with Crippen molar-refractivity contribution >= 4 is 11.8 Å². The summed E-state index contributed by atoms with van der Waals surface area (Å²) in [5.41, 5.74) is 3.65. The van der Waals surface area contributed by atoms with E-state index in [1.807, 2.05) is 24.3 Å². The molecule has 0 saturated carbocycles. The lowest BCUT2D eigenvalue weighted by molar-refractivity contribution is 0.414. The van der Waals surface area contributed by atoms with Crippen LogP contribution in [0.1, 0.15) is 37.7 Å². The van der Waals surface area contributed by atoms with Crippen molar-refractivity contribution in [2.24, 2.45) is 0 Å². The largest absolute Gasteiger partial charge is 0.497 e. The molecule has 6 heteroatoms. The first kappa shape index (κ1) is 21.2. The fourth-order valence-corrected chi connectivity index (χ4v) is 4.19. The highest BCUT2D eigenvalue weighted by molar-refractivity contribution is 7.98. The van der Waals surface area contributed by atoms with Gasteiger partial charge in [0, 0.05) is 11.3 Å². The number of thioether (sulfide) groups is 1. The number of aromatic nitrogens is 3. The molecular weight excluding hydrogens is 406 g/mol. The molecule has 0 radical (unpaired) electrons. The average Bonchev–Trinajstić information content (AvgIpc) is 3.42. The third-order valence-electron chi connectivity index (χ3n) is 5.15. The molecule has 160 valence electrons. The molecule has 0 saturated heterocycles. The third-order valence-corrected chi connectivity index (χ3v) is 6.18. The zero-order valence-corrected chi connectivity index (χ0v) is 19.1. The van der Waals surface area contributed by atoms with Crippen LogP contribution in [0.3, 0.4) is 0 Å². The predicted molar refractivity (Wildman–Crippen MR) is 125 cm³/mol. The van der Waals surface area contributed by atoms with Gasteiger partial charge in [-0.1, -0.05) is 68.9 Å². The van der Waals surface area contributed by atoms with Crippen LogP contribution in [0.15, 0.2) is 76.5 Å². The van der Waals surface area contributed by atoms with Crippen LogP contribution in [-0.4, -0.2) is 21.9 Å². The van der Waals surface area contributed by atoms with E-state index in [-0.39, 0.29) is 5.41 Å². The highest BCUT2D eigenvalue weighted by atomic mass is 32.2. The van der Waals surface area contributed by atoms with Gasteiger partial charge in [-0.25, -0.2) is 0 Å². The van der Waals surface area contributed by atoms with Crippen molar-refractivity contribution < 1.29 is 9.15 Å². The summed E-state index contributed by atoms with van der Waals surface area (Å²) in [5.74, 6) is 3.37. The second kappa shape index (κ2) is 9.02. The molecule has 2 heterocycles. The van der Waals surface area contributed by atoms with E-state index in [2.05, 4.69) is 71.9 Å². The van der Waals surface area contributed by atoms with Crippen LogP contribution in [0.4, 0.5) is 0 Å². The first-order valence-electron chi connectivity index (χ1n) is 10.3. The van der Waals surface area contributed by atoms with Crippen LogP contribution in [-0.2, 0) is 17.7 Å². The Hall–Kier alpha value is -2.99. The Morgan fingerprint density at radius 3 is 2.32 bits per heavy atom. The predicted octanol–water partition coefficient (Wildman–Crippen LogP) is 6.18. The van der Waals surface area contributed by atoms with Crippen molar-refractivity contribution in [1.29, 1.82) is 0 Å². The van der Waals surface area contributed by atoms with Crippen LogP contribution < -0.4 is 4.74 Å². The Kier molecular flexibility index (Phi) is 6.18. The van der Waals surface area contributed by atoms with Gasteiger partial charge in [-0.2, -0.15) is 0 Å². The number of rotatable bonds is 7. The van der Waals surface area contributed by atoms with Gasteiger partial charge in [-0.3, -0.25) is 4.57 Å². The van der Waals surface area contributed by atoms with Gasteiger partial charge in [0.1, 0.15) is 11.5 Å². The fourth-order valence-electron chi connectivity index (χ4n) is 3.30. The smallest absolute Gasteiger partial charge is 0.192 e. The highest BCUT2D eigenvalue weighted by Crippen LogP contribution is 2.30. The molecule has 2 aromatic heterocycles. The fraction of sp³-hybridized carbons (Fsp3) is 0.280. The van der Waals surface area contributed by atoms with E-state index in [0.29, 0.717) is 6.54 Å². The lowest BCUT2D eigenvalue weighted by Gasteiger charge is -2.19. The molecule has 0 atom stereocenters. The quantitative estimate of drug-likeness (QED) is 0.326. The van der Waals surface area contributed by atoms with Crippen molar-refractivity contribution in [2.45, 2.75) is 43.6 Å². The topological polar surface area (TPSA) is 53.1 Å². The van der Waals surface area contributed by atoms with E-state index in [4.69, 9.17) is 9.15 Å². The second-order valence-electron chi connectivity index (χ2n) is 8.44. The van der Waals surface area contributed by atoms with Crippen LogP contribution in [0.5, 0.6) is 5.75 Å². The van der Waals surface area contributed by atoms with Gasteiger partial charge in [-0.05, 0) is 40.8 Å². The summed E-state index contributed by atoms with van der Waals surface area (Å²) in [7, 11) is 1.68. The zero-order chi connectivity index (χ0) is 21.8. The SMILES string of the molecule is COc1ccc(CSc2nnc(-c3ccc(C(C)(C)C)cc3)n2Cc2ccco2)cc1. The number of methoxy groups -OCH3 is 1. The zero-order valence-electron chi connectivity index (χ0n) is 18.3. The molecular formula is C25H27N3O2S. The molecule has 2 aromatic carbocycles. The first-order valence-corrected chi connectivity index (χ1v) is 11.2. The normalized spacial score (nSPS) is 11.6. The van der Waals surface area contributed by atoms with E-state index in [0.717, 1.165) is 33.8 Å². The number of benzene rings is 2. The first-order chi connectivity index (χ1) is 14.9. The van der Waals surface area contributed by atoms with E-state index >= 15 is 0 Å². The summed E-state index contributed by atoms with van der Waals surface area (Å²) < 4.78 is 13.0. The molecule has 0 spiro atoms. The van der Waals surface area contributed by atoms with Crippen LogP contribution in [0, 0.1) is 0 Å². The Labute approximate surface area is 187 Å². The van der Waals surface area contributed by atoms with Gasteiger partial charge in [0.2, 0.25) is 0 Å². The van der Waals surface area contributed by atoms with Gasteiger partial charge >= 0.3 is 0 Å². The summed E-state index contributed by atoms with van der Waals surface area (Å²) in [6.07, 6.45) is 1.70. The number of hydrogen-bond acceptors (Lipinski definition) is 5. The van der Waals surface area contributed by atoms with Crippen LogP contribution in [0.2, 0.25) is 0 Å². The highest BCUT2D eigenvalue weighted by Gasteiger charge is 2.18. The number of ether oxygens (including phenoxy) is 1. The van der Waals surface area contributed by atoms with E-state index in [9.17, 15) is 0 Å². The van der Waals surface area contributed by atoms with E-state index in [1.165, 1.54) is 11.1 Å². The molecule has 0 N–H and O–H groups in total. The molecule has 31 heavy (non-hydrogen) atoms. The molecule has 0 amide bonds. The van der Waals surface area contributed by atoms with E-state index < -0.39 is 0 Å². The Balaban J connectivity index is 1.61. The van der Waals surface area contributed by atoms with Crippen molar-refractivity contribution in [2.75, 3.05) is 7.11 Å². The summed E-state index contributed by atoms with van der Waals surface area (Å²) in [4.78, 5) is 0. The molecule has 0 aliphatic heterocycles. The van der Waals surface area contributed by atoms with Gasteiger partial charge in [-0.15, -0.1) is 10.2 Å². The van der Waals surface area contributed by atoms with Gasteiger partial charge in [0.15, 0.2) is 11.0 Å². The molecule has 0 bridgehead atoms. The minimum atomic E-state index is 0.111. The van der Waals surface area contributed by atoms with Crippen molar-refractivity contribution in [3.05, 3.63) is 83.8 Å². The number of furan rings is 1. The second-order valence-corrected chi connectivity index (χ2v) is 9.38. The standard InChI is InChI=1S/C25H27N3O2S/c1-25(2,3)20-11-9-19(10-12-20)23-26-27-24(28(23)16-22-6-5-15-30-22)31-17-18-7-13-21(29-4)14-8-18/h5-15H,16-17H2,1-4H3. The van der Waals surface area contributed by atoms with Crippen LogP contribution >= 0.6 is 11.8 Å².